The van der Waals surface area contributed by atoms with Gasteiger partial charge in [-0.05, 0) is 30.3 Å². The maximum absolute atomic E-state index is 12.9. The van der Waals surface area contributed by atoms with E-state index in [9.17, 15) is 33.2 Å². The number of nitrogens with one attached hydrogen (secondary N) is 1. The number of hydrogen-bond acceptors (Lipinski definition) is 6. The van der Waals surface area contributed by atoms with Crippen LogP contribution in [0.25, 0.3) is 0 Å². The molecule has 0 bridgehead atoms. The summed E-state index contributed by atoms with van der Waals surface area (Å²) in [6, 6.07) is 7.96. The highest BCUT2D eigenvalue weighted by Crippen LogP contribution is 2.38. The van der Waals surface area contributed by atoms with Crippen molar-refractivity contribution in [1.82, 2.24) is 4.98 Å². The zero-order valence-corrected chi connectivity index (χ0v) is 18.0. The molecule has 0 spiro atoms. The second kappa shape index (κ2) is 9.12. The number of non-ortho nitro benzene ring substituents is 1. The Morgan fingerprint density at radius 2 is 1.85 bits per heavy atom. The number of halogens is 5. The lowest BCUT2D eigenvalue weighted by Gasteiger charge is -2.22. The van der Waals surface area contributed by atoms with Gasteiger partial charge in [0.2, 0.25) is 0 Å². The van der Waals surface area contributed by atoms with Crippen molar-refractivity contribution in [2.24, 2.45) is 0 Å². The molecule has 33 heavy (non-hydrogen) atoms. The molecule has 0 saturated carbocycles. The summed E-state index contributed by atoms with van der Waals surface area (Å²) in [6.45, 7) is 0. The van der Waals surface area contributed by atoms with E-state index in [1.165, 1.54) is 36.2 Å². The van der Waals surface area contributed by atoms with Crippen LogP contribution in [0.2, 0.25) is 10.0 Å². The van der Waals surface area contributed by atoms with Crippen molar-refractivity contribution in [2.75, 3.05) is 17.3 Å². The van der Waals surface area contributed by atoms with Crippen LogP contribution in [0, 0.1) is 10.1 Å². The van der Waals surface area contributed by atoms with Crippen molar-refractivity contribution in [3.8, 4) is 5.75 Å². The Labute approximate surface area is 194 Å². The molecule has 8 nitrogen and oxygen atoms in total. The van der Waals surface area contributed by atoms with E-state index < -0.39 is 22.6 Å². The highest BCUT2D eigenvalue weighted by Gasteiger charge is 2.32. The van der Waals surface area contributed by atoms with Gasteiger partial charge < -0.3 is 15.3 Å². The summed E-state index contributed by atoms with van der Waals surface area (Å²) in [7, 11) is 1.40. The van der Waals surface area contributed by atoms with Crippen LogP contribution in [0.1, 0.15) is 15.9 Å². The lowest BCUT2D eigenvalue weighted by molar-refractivity contribution is -0.384. The predicted octanol–water partition coefficient (Wildman–Crippen LogP) is 6.04. The first-order valence-corrected chi connectivity index (χ1v) is 9.69. The minimum absolute atomic E-state index is 0.0186. The number of alkyl halides is 3. The Morgan fingerprint density at radius 3 is 2.45 bits per heavy atom. The van der Waals surface area contributed by atoms with E-state index in [1.54, 1.807) is 0 Å². The number of benzene rings is 2. The summed E-state index contributed by atoms with van der Waals surface area (Å²) in [4.78, 5) is 27.8. The summed E-state index contributed by atoms with van der Waals surface area (Å²) < 4.78 is 38.6. The number of nitro groups is 1. The Bertz CT molecular complexity index is 1250. The van der Waals surface area contributed by atoms with E-state index in [4.69, 9.17) is 23.2 Å². The number of nitro benzene ring substituents is 1. The normalized spacial score (nSPS) is 11.2. The smallest absolute Gasteiger partial charge is 0.417 e. The van der Waals surface area contributed by atoms with Gasteiger partial charge in [0, 0.05) is 31.1 Å². The number of carbonyl (C=O) groups is 1. The lowest BCUT2D eigenvalue weighted by atomic mass is 10.1. The van der Waals surface area contributed by atoms with Gasteiger partial charge in [-0.2, -0.15) is 13.2 Å². The number of anilines is 3. The topological polar surface area (TPSA) is 109 Å². The van der Waals surface area contributed by atoms with Crippen LogP contribution in [0.15, 0.2) is 48.7 Å². The Morgan fingerprint density at radius 1 is 1.15 bits per heavy atom. The van der Waals surface area contributed by atoms with Crippen molar-refractivity contribution in [3.05, 3.63) is 79.9 Å². The number of carbonyl (C=O) groups excluding carboxylic acids is 1. The maximum Gasteiger partial charge on any atom is 0.417 e. The van der Waals surface area contributed by atoms with Gasteiger partial charge in [-0.15, -0.1) is 0 Å². The average Bonchev–Trinajstić information content (AvgIpc) is 2.74. The molecule has 1 amide bonds. The van der Waals surface area contributed by atoms with Crippen LogP contribution < -0.4 is 10.2 Å². The van der Waals surface area contributed by atoms with Crippen molar-refractivity contribution >= 4 is 52.0 Å². The summed E-state index contributed by atoms with van der Waals surface area (Å²) in [6.07, 6.45) is -4.03. The highest BCUT2D eigenvalue weighted by molar-refractivity contribution is 6.34. The fourth-order valence-electron chi connectivity index (χ4n) is 2.82. The quantitative estimate of drug-likeness (QED) is 0.251. The molecule has 0 fully saturated rings. The van der Waals surface area contributed by atoms with Crippen LogP contribution in [0.4, 0.5) is 36.1 Å². The molecular weight excluding hydrogens is 488 g/mol. The van der Waals surface area contributed by atoms with Crippen LogP contribution >= 0.6 is 23.2 Å². The highest BCUT2D eigenvalue weighted by atomic mass is 35.5. The van der Waals surface area contributed by atoms with Gasteiger partial charge >= 0.3 is 6.18 Å². The zero-order valence-electron chi connectivity index (χ0n) is 16.5. The first kappa shape index (κ1) is 24.1. The molecule has 0 aliphatic carbocycles. The molecule has 1 heterocycles. The van der Waals surface area contributed by atoms with Crippen LogP contribution in [0.3, 0.4) is 0 Å². The standard InChI is InChI=1S/C20H13Cl2F3N4O4/c1-28(18-15(22)6-10(9-26-18)20(23,24)25)16-7-11(2-5-17(16)30)27-19(31)13-8-12(29(32)33)3-4-14(13)21/h2-9,30H,1H3,(H,27,31). The van der Waals surface area contributed by atoms with E-state index in [0.717, 1.165) is 12.1 Å². The first-order valence-electron chi connectivity index (χ1n) is 8.93. The van der Waals surface area contributed by atoms with Gasteiger partial charge in [0.05, 0.1) is 31.8 Å². The van der Waals surface area contributed by atoms with Crippen molar-refractivity contribution in [1.29, 1.82) is 0 Å². The number of aromatic nitrogens is 1. The third kappa shape index (κ3) is 5.26. The van der Waals surface area contributed by atoms with Crippen LogP contribution in [-0.4, -0.2) is 28.0 Å². The molecule has 0 atom stereocenters. The zero-order chi connectivity index (χ0) is 24.5. The number of phenolic OH excluding ortho intramolecular Hbond substituents is 1. The minimum atomic E-state index is -4.63. The third-order valence-electron chi connectivity index (χ3n) is 4.47. The van der Waals surface area contributed by atoms with Crippen molar-refractivity contribution in [3.63, 3.8) is 0 Å². The maximum atomic E-state index is 12.9. The average molecular weight is 501 g/mol. The minimum Gasteiger partial charge on any atom is -0.506 e. The van der Waals surface area contributed by atoms with E-state index in [-0.39, 0.29) is 44.2 Å². The fourth-order valence-corrected chi connectivity index (χ4v) is 3.31. The van der Waals surface area contributed by atoms with E-state index in [2.05, 4.69) is 10.3 Å². The summed E-state index contributed by atoms with van der Waals surface area (Å²) >= 11 is 11.9. The van der Waals surface area contributed by atoms with Gasteiger partial charge in [0.1, 0.15) is 5.75 Å². The van der Waals surface area contributed by atoms with E-state index in [0.29, 0.717) is 12.3 Å². The molecule has 3 rings (SSSR count). The number of hydrogen-bond donors (Lipinski definition) is 2. The molecule has 2 N–H and O–H groups in total. The van der Waals surface area contributed by atoms with Crippen molar-refractivity contribution in [2.45, 2.75) is 6.18 Å². The molecule has 0 unspecified atom stereocenters. The lowest BCUT2D eigenvalue weighted by Crippen LogP contribution is -2.16. The second-order valence-corrected chi connectivity index (χ2v) is 7.48. The Kier molecular flexibility index (Phi) is 6.65. The molecule has 2 aromatic carbocycles. The van der Waals surface area contributed by atoms with Gasteiger partial charge in [0.15, 0.2) is 5.82 Å². The third-order valence-corrected chi connectivity index (χ3v) is 5.07. The SMILES string of the molecule is CN(c1cc(NC(=O)c2cc([N+](=O)[O-])ccc2Cl)ccc1O)c1ncc(C(F)(F)F)cc1Cl. The van der Waals surface area contributed by atoms with Gasteiger partial charge in [-0.3, -0.25) is 14.9 Å². The van der Waals surface area contributed by atoms with Crippen LogP contribution in [0.5, 0.6) is 5.75 Å². The molecule has 0 radical (unpaired) electrons. The first-order chi connectivity index (χ1) is 15.4. The second-order valence-electron chi connectivity index (χ2n) is 6.67. The molecular formula is C20H13Cl2F3N4O4. The molecule has 0 saturated heterocycles. The van der Waals surface area contributed by atoms with Gasteiger partial charge in [-0.1, -0.05) is 23.2 Å². The summed E-state index contributed by atoms with van der Waals surface area (Å²) in [5.74, 6) is -1.11. The van der Waals surface area contributed by atoms with Gasteiger partial charge in [0.25, 0.3) is 11.6 Å². The molecule has 0 aliphatic heterocycles. The van der Waals surface area contributed by atoms with E-state index in [1.807, 2.05) is 0 Å². The number of amides is 1. The molecule has 172 valence electrons. The van der Waals surface area contributed by atoms with Gasteiger partial charge in [-0.25, -0.2) is 4.98 Å². The molecule has 0 aliphatic rings. The predicted molar refractivity (Wildman–Crippen MR) is 116 cm³/mol. The Balaban J connectivity index is 1.91. The molecule has 3 aromatic rings. The molecule has 1 aromatic heterocycles. The largest absolute Gasteiger partial charge is 0.506 e. The Hall–Kier alpha value is -3.57. The van der Waals surface area contributed by atoms with Crippen molar-refractivity contribution < 1.29 is 28.0 Å². The number of phenols is 1. The monoisotopic (exact) mass is 500 g/mol. The van der Waals surface area contributed by atoms with Crippen LogP contribution in [-0.2, 0) is 6.18 Å². The summed E-state index contributed by atoms with van der Waals surface area (Å²) in [5, 5.41) is 23.4. The summed E-state index contributed by atoms with van der Waals surface area (Å²) in [5.41, 5.74) is -1.30. The fraction of sp³-hybridized carbons (Fsp3) is 0.100. The number of pyridine rings is 1. The van der Waals surface area contributed by atoms with E-state index >= 15 is 0 Å². The number of rotatable bonds is 5. The number of aromatic hydroxyl groups is 1. The number of nitrogens with zero attached hydrogens (tertiary/aromatic N) is 3. The molecule has 13 heteroatoms.